The van der Waals surface area contributed by atoms with E-state index in [0.29, 0.717) is 0 Å². The van der Waals surface area contributed by atoms with Crippen molar-refractivity contribution < 1.29 is 19.0 Å². The standard InChI is InChI=1S/C11H20O4/c1-11(2,3)15-10(12)14-9-7-5-6-8(9)13-4/h8-9H,5-7H2,1-4H3/t8-,9-/m0/s1. The lowest BCUT2D eigenvalue weighted by Gasteiger charge is -2.23. The fourth-order valence-electron chi connectivity index (χ4n) is 1.69. The van der Waals surface area contributed by atoms with Gasteiger partial charge in [-0.25, -0.2) is 4.79 Å². The molecule has 0 spiro atoms. The maximum absolute atomic E-state index is 11.4. The fourth-order valence-corrected chi connectivity index (χ4v) is 1.69. The molecule has 2 atom stereocenters. The van der Waals surface area contributed by atoms with E-state index in [1.54, 1.807) is 7.11 Å². The topological polar surface area (TPSA) is 44.8 Å². The molecule has 1 fully saturated rings. The molecule has 1 aliphatic carbocycles. The fraction of sp³-hybridized carbons (Fsp3) is 0.909. The van der Waals surface area contributed by atoms with Gasteiger partial charge in [0.25, 0.3) is 0 Å². The molecule has 0 bridgehead atoms. The summed E-state index contributed by atoms with van der Waals surface area (Å²) in [6, 6.07) is 0. The Labute approximate surface area is 90.9 Å². The smallest absolute Gasteiger partial charge is 0.429 e. The summed E-state index contributed by atoms with van der Waals surface area (Å²) in [5.41, 5.74) is -0.502. The molecular formula is C11H20O4. The van der Waals surface area contributed by atoms with Crippen molar-refractivity contribution in [1.82, 2.24) is 0 Å². The molecule has 0 radical (unpaired) electrons. The van der Waals surface area contributed by atoms with Gasteiger partial charge in [0, 0.05) is 7.11 Å². The van der Waals surface area contributed by atoms with Crippen LogP contribution in [0, 0.1) is 0 Å². The molecule has 0 unspecified atom stereocenters. The molecule has 1 aliphatic rings. The lowest BCUT2D eigenvalue weighted by atomic mass is 10.2. The molecule has 0 aromatic heterocycles. The van der Waals surface area contributed by atoms with Crippen molar-refractivity contribution in [2.75, 3.05) is 7.11 Å². The number of rotatable bonds is 2. The number of hydrogen-bond donors (Lipinski definition) is 0. The highest BCUT2D eigenvalue weighted by Crippen LogP contribution is 2.25. The first-order chi connectivity index (χ1) is 6.92. The molecule has 15 heavy (non-hydrogen) atoms. The van der Waals surface area contributed by atoms with Crippen LogP contribution in [-0.2, 0) is 14.2 Å². The Morgan fingerprint density at radius 3 is 2.33 bits per heavy atom. The van der Waals surface area contributed by atoms with Crippen LogP contribution in [0.5, 0.6) is 0 Å². The van der Waals surface area contributed by atoms with E-state index < -0.39 is 11.8 Å². The summed E-state index contributed by atoms with van der Waals surface area (Å²) in [5, 5.41) is 0. The molecule has 0 N–H and O–H groups in total. The van der Waals surface area contributed by atoms with E-state index in [2.05, 4.69) is 0 Å². The van der Waals surface area contributed by atoms with E-state index in [1.807, 2.05) is 20.8 Å². The van der Waals surface area contributed by atoms with Crippen molar-refractivity contribution in [2.24, 2.45) is 0 Å². The predicted octanol–water partition coefficient (Wildman–Crippen LogP) is 2.51. The summed E-state index contributed by atoms with van der Waals surface area (Å²) in [5.74, 6) is 0. The molecule has 4 heteroatoms. The first kappa shape index (κ1) is 12.3. The van der Waals surface area contributed by atoms with Crippen LogP contribution in [0.2, 0.25) is 0 Å². The monoisotopic (exact) mass is 216 g/mol. The van der Waals surface area contributed by atoms with Crippen molar-refractivity contribution in [3.8, 4) is 0 Å². The third-order valence-electron chi connectivity index (χ3n) is 2.33. The maximum atomic E-state index is 11.4. The van der Waals surface area contributed by atoms with Crippen LogP contribution < -0.4 is 0 Å². The molecule has 0 aliphatic heterocycles. The first-order valence-electron chi connectivity index (χ1n) is 5.35. The Morgan fingerprint density at radius 1 is 1.20 bits per heavy atom. The molecule has 0 amide bonds. The second kappa shape index (κ2) is 4.84. The number of methoxy groups -OCH3 is 1. The largest absolute Gasteiger partial charge is 0.509 e. The van der Waals surface area contributed by atoms with Crippen LogP contribution in [-0.4, -0.2) is 31.1 Å². The van der Waals surface area contributed by atoms with E-state index in [4.69, 9.17) is 14.2 Å². The first-order valence-corrected chi connectivity index (χ1v) is 5.35. The van der Waals surface area contributed by atoms with Crippen molar-refractivity contribution in [1.29, 1.82) is 0 Å². The van der Waals surface area contributed by atoms with Gasteiger partial charge in [0.05, 0.1) is 6.10 Å². The zero-order chi connectivity index (χ0) is 11.5. The van der Waals surface area contributed by atoms with Crippen molar-refractivity contribution >= 4 is 6.16 Å². The van der Waals surface area contributed by atoms with Crippen LogP contribution in [0.25, 0.3) is 0 Å². The van der Waals surface area contributed by atoms with Gasteiger partial charge in [0.15, 0.2) is 0 Å². The lowest BCUT2D eigenvalue weighted by Crippen LogP contribution is -2.31. The predicted molar refractivity (Wildman–Crippen MR) is 55.8 cm³/mol. The van der Waals surface area contributed by atoms with Crippen LogP contribution in [0.3, 0.4) is 0 Å². The minimum Gasteiger partial charge on any atom is -0.429 e. The number of carbonyl (C=O) groups is 1. The molecule has 1 saturated carbocycles. The van der Waals surface area contributed by atoms with Crippen molar-refractivity contribution in [3.63, 3.8) is 0 Å². The van der Waals surface area contributed by atoms with E-state index in [1.165, 1.54) is 0 Å². The molecule has 0 aromatic carbocycles. The Bertz CT molecular complexity index is 219. The maximum Gasteiger partial charge on any atom is 0.509 e. The van der Waals surface area contributed by atoms with Gasteiger partial charge in [0.1, 0.15) is 11.7 Å². The Hall–Kier alpha value is -0.770. The van der Waals surface area contributed by atoms with Gasteiger partial charge >= 0.3 is 6.16 Å². The lowest BCUT2D eigenvalue weighted by molar-refractivity contribution is -0.0584. The summed E-state index contributed by atoms with van der Waals surface area (Å²) < 4.78 is 15.5. The molecular weight excluding hydrogens is 196 g/mol. The molecule has 88 valence electrons. The molecule has 0 heterocycles. The van der Waals surface area contributed by atoms with Gasteiger partial charge in [-0.3, -0.25) is 0 Å². The Kier molecular flexibility index (Phi) is 3.97. The van der Waals surface area contributed by atoms with Gasteiger partial charge < -0.3 is 14.2 Å². The van der Waals surface area contributed by atoms with E-state index >= 15 is 0 Å². The van der Waals surface area contributed by atoms with Crippen LogP contribution in [0.4, 0.5) is 4.79 Å². The summed E-state index contributed by atoms with van der Waals surface area (Å²) >= 11 is 0. The highest BCUT2D eigenvalue weighted by atomic mass is 16.7. The van der Waals surface area contributed by atoms with Crippen LogP contribution in [0.1, 0.15) is 40.0 Å². The van der Waals surface area contributed by atoms with Gasteiger partial charge in [-0.05, 0) is 40.0 Å². The summed E-state index contributed by atoms with van der Waals surface area (Å²) in [7, 11) is 1.64. The summed E-state index contributed by atoms with van der Waals surface area (Å²) in [6.45, 7) is 5.45. The SMILES string of the molecule is CO[C@H]1CCC[C@@H]1OC(=O)OC(C)(C)C. The van der Waals surface area contributed by atoms with Crippen molar-refractivity contribution in [3.05, 3.63) is 0 Å². The van der Waals surface area contributed by atoms with Crippen molar-refractivity contribution in [2.45, 2.75) is 57.8 Å². The number of ether oxygens (including phenoxy) is 3. The van der Waals surface area contributed by atoms with Gasteiger partial charge in [-0.2, -0.15) is 0 Å². The Balaban J connectivity index is 2.37. The summed E-state index contributed by atoms with van der Waals surface area (Å²) in [6.07, 6.45) is 2.12. The van der Waals surface area contributed by atoms with Gasteiger partial charge in [0.2, 0.25) is 0 Å². The summed E-state index contributed by atoms with van der Waals surface area (Å²) in [4.78, 5) is 11.4. The second-order valence-electron chi connectivity index (χ2n) is 4.83. The van der Waals surface area contributed by atoms with Gasteiger partial charge in [-0.15, -0.1) is 0 Å². The third kappa shape index (κ3) is 4.08. The minimum absolute atomic E-state index is 0.0255. The second-order valence-corrected chi connectivity index (χ2v) is 4.83. The normalized spacial score (nSPS) is 26.4. The number of hydrogen-bond acceptors (Lipinski definition) is 4. The molecule has 0 aromatic rings. The average molecular weight is 216 g/mol. The highest BCUT2D eigenvalue weighted by Gasteiger charge is 2.31. The zero-order valence-electron chi connectivity index (χ0n) is 9.91. The highest BCUT2D eigenvalue weighted by molar-refractivity contribution is 5.60. The number of carbonyl (C=O) groups excluding carboxylic acids is 1. The quantitative estimate of drug-likeness (QED) is 0.665. The Morgan fingerprint density at radius 2 is 1.80 bits per heavy atom. The van der Waals surface area contributed by atoms with Crippen LogP contribution >= 0.6 is 0 Å². The molecule has 4 nitrogen and oxygen atoms in total. The van der Waals surface area contributed by atoms with E-state index in [9.17, 15) is 4.79 Å². The molecule has 0 saturated heterocycles. The average Bonchev–Trinajstić information content (AvgIpc) is 2.48. The molecule has 1 rings (SSSR count). The van der Waals surface area contributed by atoms with E-state index in [0.717, 1.165) is 19.3 Å². The van der Waals surface area contributed by atoms with Gasteiger partial charge in [-0.1, -0.05) is 0 Å². The zero-order valence-corrected chi connectivity index (χ0v) is 9.91. The van der Waals surface area contributed by atoms with E-state index in [-0.39, 0.29) is 12.2 Å². The minimum atomic E-state index is -0.601. The third-order valence-corrected chi connectivity index (χ3v) is 2.33. The van der Waals surface area contributed by atoms with Crippen LogP contribution in [0.15, 0.2) is 0 Å².